The molecule has 0 aliphatic heterocycles. The molecule has 0 aliphatic rings. The fourth-order valence-corrected chi connectivity index (χ4v) is 2.95. The summed E-state index contributed by atoms with van der Waals surface area (Å²) < 4.78 is 7.62. The van der Waals surface area contributed by atoms with Crippen LogP contribution in [0.4, 0.5) is 5.95 Å². The molecule has 7 nitrogen and oxygen atoms in total. The van der Waals surface area contributed by atoms with Crippen LogP contribution < -0.4 is 5.32 Å². The first-order chi connectivity index (χ1) is 13.2. The molecule has 0 saturated heterocycles. The third-order valence-corrected chi connectivity index (χ3v) is 4.28. The molecule has 1 N–H and O–H groups in total. The van der Waals surface area contributed by atoms with Gasteiger partial charge in [-0.2, -0.15) is 0 Å². The van der Waals surface area contributed by atoms with Gasteiger partial charge in [-0.05, 0) is 31.2 Å². The first-order valence-electron chi connectivity index (χ1n) is 8.87. The molecule has 136 valence electrons. The standard InChI is InChI=1S/C20H19N5O2/c1-2-25-16-11-7-6-10-15(16)21-20(25)22-17(26)12-13-18-23-24-19(27-18)14-8-4-3-5-9-14/h3-11H,2,12-13H2,1H3,(H,21,22,26). The minimum absolute atomic E-state index is 0.139. The zero-order valence-corrected chi connectivity index (χ0v) is 14.9. The van der Waals surface area contributed by atoms with Gasteiger partial charge in [0.15, 0.2) is 0 Å². The lowest BCUT2D eigenvalue weighted by Crippen LogP contribution is -2.16. The molecule has 2 aromatic heterocycles. The molecule has 4 aromatic rings. The number of fused-ring (bicyclic) bond motifs is 1. The number of anilines is 1. The smallest absolute Gasteiger partial charge is 0.247 e. The number of carbonyl (C=O) groups excluding carboxylic acids is 1. The summed E-state index contributed by atoms with van der Waals surface area (Å²) in [6, 6.07) is 17.4. The highest BCUT2D eigenvalue weighted by Crippen LogP contribution is 2.20. The van der Waals surface area contributed by atoms with Crippen LogP contribution in [0.5, 0.6) is 0 Å². The van der Waals surface area contributed by atoms with Crippen LogP contribution in [0.25, 0.3) is 22.5 Å². The lowest BCUT2D eigenvalue weighted by Gasteiger charge is -2.06. The van der Waals surface area contributed by atoms with E-state index in [0.717, 1.165) is 23.1 Å². The molecule has 0 aliphatic carbocycles. The van der Waals surface area contributed by atoms with Crippen LogP contribution in [-0.4, -0.2) is 25.7 Å². The van der Waals surface area contributed by atoms with Gasteiger partial charge < -0.3 is 8.98 Å². The lowest BCUT2D eigenvalue weighted by atomic mass is 10.2. The van der Waals surface area contributed by atoms with E-state index in [1.807, 2.05) is 66.1 Å². The number of aryl methyl sites for hydroxylation is 2. The van der Waals surface area contributed by atoms with Crippen molar-refractivity contribution in [2.75, 3.05) is 5.32 Å². The van der Waals surface area contributed by atoms with Crippen molar-refractivity contribution in [3.05, 3.63) is 60.5 Å². The molecular formula is C20H19N5O2. The Bertz CT molecular complexity index is 1070. The summed E-state index contributed by atoms with van der Waals surface area (Å²) in [5.74, 6) is 1.31. The van der Waals surface area contributed by atoms with Crippen LogP contribution in [0.2, 0.25) is 0 Å². The molecule has 2 aromatic carbocycles. The molecule has 7 heteroatoms. The SMILES string of the molecule is CCn1c(NC(=O)CCc2nnc(-c3ccccc3)o2)nc2ccccc21. The molecule has 0 radical (unpaired) electrons. The van der Waals surface area contributed by atoms with E-state index in [0.29, 0.717) is 24.2 Å². The minimum Gasteiger partial charge on any atom is -0.421 e. The van der Waals surface area contributed by atoms with Gasteiger partial charge in [0.25, 0.3) is 0 Å². The van der Waals surface area contributed by atoms with Crippen LogP contribution in [-0.2, 0) is 17.8 Å². The summed E-state index contributed by atoms with van der Waals surface area (Å²) >= 11 is 0. The number of aromatic nitrogens is 4. The molecule has 0 spiro atoms. The molecule has 0 fully saturated rings. The number of hydrogen-bond donors (Lipinski definition) is 1. The zero-order valence-electron chi connectivity index (χ0n) is 14.9. The molecule has 27 heavy (non-hydrogen) atoms. The average molecular weight is 361 g/mol. The van der Waals surface area contributed by atoms with Gasteiger partial charge in [0, 0.05) is 24.9 Å². The number of amides is 1. The van der Waals surface area contributed by atoms with Crippen molar-refractivity contribution >= 4 is 22.9 Å². The van der Waals surface area contributed by atoms with E-state index in [2.05, 4.69) is 20.5 Å². The monoisotopic (exact) mass is 361 g/mol. The third kappa shape index (κ3) is 3.57. The van der Waals surface area contributed by atoms with Gasteiger partial charge >= 0.3 is 0 Å². The summed E-state index contributed by atoms with van der Waals surface area (Å²) in [6.07, 6.45) is 0.612. The number of benzene rings is 2. The van der Waals surface area contributed by atoms with Crippen molar-refractivity contribution in [2.45, 2.75) is 26.3 Å². The van der Waals surface area contributed by atoms with Gasteiger partial charge in [-0.15, -0.1) is 10.2 Å². The van der Waals surface area contributed by atoms with E-state index >= 15 is 0 Å². The van der Waals surface area contributed by atoms with E-state index in [9.17, 15) is 4.79 Å². The summed E-state index contributed by atoms with van der Waals surface area (Å²) in [5.41, 5.74) is 2.72. The highest BCUT2D eigenvalue weighted by Gasteiger charge is 2.14. The Morgan fingerprint density at radius 2 is 1.85 bits per heavy atom. The number of nitrogens with one attached hydrogen (secondary N) is 1. The number of imidazole rings is 1. The zero-order chi connectivity index (χ0) is 18.6. The minimum atomic E-state index is -0.139. The van der Waals surface area contributed by atoms with Crippen molar-refractivity contribution in [3.63, 3.8) is 0 Å². The second-order valence-corrected chi connectivity index (χ2v) is 6.08. The number of para-hydroxylation sites is 2. The molecule has 1 amide bonds. The topological polar surface area (TPSA) is 85.8 Å². The van der Waals surface area contributed by atoms with Crippen LogP contribution in [0.15, 0.2) is 59.0 Å². The predicted molar refractivity (Wildman–Crippen MR) is 102 cm³/mol. The summed E-state index contributed by atoms with van der Waals surface area (Å²) in [6.45, 7) is 2.74. The third-order valence-electron chi connectivity index (χ3n) is 4.28. The number of carbonyl (C=O) groups is 1. The summed E-state index contributed by atoms with van der Waals surface area (Å²) in [7, 11) is 0. The van der Waals surface area contributed by atoms with Crippen molar-refractivity contribution in [2.24, 2.45) is 0 Å². The molecule has 0 bridgehead atoms. The maximum Gasteiger partial charge on any atom is 0.247 e. The number of hydrogen-bond acceptors (Lipinski definition) is 5. The van der Waals surface area contributed by atoms with Gasteiger partial charge in [0.05, 0.1) is 11.0 Å². The number of nitrogens with zero attached hydrogens (tertiary/aromatic N) is 4. The Morgan fingerprint density at radius 3 is 2.67 bits per heavy atom. The van der Waals surface area contributed by atoms with Crippen molar-refractivity contribution in [3.8, 4) is 11.5 Å². The van der Waals surface area contributed by atoms with Gasteiger partial charge in [-0.3, -0.25) is 10.1 Å². The number of rotatable bonds is 6. The average Bonchev–Trinajstić information content (AvgIpc) is 3.31. The summed E-state index contributed by atoms with van der Waals surface area (Å²) in [5, 5.41) is 10.9. The molecule has 4 rings (SSSR count). The maximum absolute atomic E-state index is 12.4. The maximum atomic E-state index is 12.4. The Hall–Kier alpha value is -3.48. The lowest BCUT2D eigenvalue weighted by molar-refractivity contribution is -0.116. The Balaban J connectivity index is 1.41. The first-order valence-corrected chi connectivity index (χ1v) is 8.87. The van der Waals surface area contributed by atoms with Crippen LogP contribution in [0, 0.1) is 0 Å². The Labute approximate surface area is 156 Å². The fraction of sp³-hybridized carbons (Fsp3) is 0.200. The van der Waals surface area contributed by atoms with Crippen molar-refractivity contribution < 1.29 is 9.21 Å². The van der Waals surface area contributed by atoms with Crippen LogP contribution >= 0.6 is 0 Å². The van der Waals surface area contributed by atoms with E-state index in [1.54, 1.807) is 0 Å². The second-order valence-electron chi connectivity index (χ2n) is 6.08. The van der Waals surface area contributed by atoms with Crippen LogP contribution in [0.1, 0.15) is 19.2 Å². The second kappa shape index (κ2) is 7.41. The normalized spacial score (nSPS) is 11.0. The van der Waals surface area contributed by atoms with Gasteiger partial charge in [0.1, 0.15) is 0 Å². The van der Waals surface area contributed by atoms with E-state index in [-0.39, 0.29) is 12.3 Å². The molecule has 0 saturated carbocycles. The molecule has 0 atom stereocenters. The fourth-order valence-electron chi connectivity index (χ4n) is 2.95. The van der Waals surface area contributed by atoms with E-state index in [1.165, 1.54) is 0 Å². The molecule has 2 heterocycles. The highest BCUT2D eigenvalue weighted by molar-refractivity contribution is 5.91. The predicted octanol–water partition coefficient (Wildman–Crippen LogP) is 3.68. The van der Waals surface area contributed by atoms with Crippen molar-refractivity contribution in [1.29, 1.82) is 0 Å². The Kier molecular flexibility index (Phi) is 4.65. The van der Waals surface area contributed by atoms with Crippen LogP contribution in [0.3, 0.4) is 0 Å². The molecular weight excluding hydrogens is 342 g/mol. The van der Waals surface area contributed by atoms with Gasteiger partial charge in [-0.25, -0.2) is 4.98 Å². The van der Waals surface area contributed by atoms with E-state index in [4.69, 9.17) is 4.42 Å². The first kappa shape index (κ1) is 17.0. The van der Waals surface area contributed by atoms with Crippen molar-refractivity contribution in [1.82, 2.24) is 19.7 Å². The summed E-state index contributed by atoms with van der Waals surface area (Å²) in [4.78, 5) is 16.9. The Morgan fingerprint density at radius 1 is 1.07 bits per heavy atom. The van der Waals surface area contributed by atoms with Gasteiger partial charge in [0.2, 0.25) is 23.6 Å². The largest absolute Gasteiger partial charge is 0.421 e. The van der Waals surface area contributed by atoms with Gasteiger partial charge in [-0.1, -0.05) is 30.3 Å². The molecule has 0 unspecified atom stereocenters. The quantitative estimate of drug-likeness (QED) is 0.566. The van der Waals surface area contributed by atoms with E-state index < -0.39 is 0 Å². The highest BCUT2D eigenvalue weighted by atomic mass is 16.4.